The summed E-state index contributed by atoms with van der Waals surface area (Å²) in [4.78, 5) is 14.5. The van der Waals surface area contributed by atoms with E-state index in [2.05, 4.69) is 0 Å². The summed E-state index contributed by atoms with van der Waals surface area (Å²) in [6, 6.07) is 1.82. The number of carbonyl (C=O) groups is 1. The predicted molar refractivity (Wildman–Crippen MR) is 90.5 cm³/mol. The second-order valence-corrected chi connectivity index (χ2v) is 7.62. The molecule has 0 N–H and O–H groups in total. The Balaban J connectivity index is 1.29. The van der Waals surface area contributed by atoms with Crippen LogP contribution < -0.4 is 0 Å². The van der Waals surface area contributed by atoms with Crippen LogP contribution in [0.5, 0.6) is 0 Å². The largest absolute Gasteiger partial charge is 0.459 e. The average Bonchev–Trinajstić information content (AvgIpc) is 3.35. The molecule has 4 heterocycles. The molecule has 0 aromatic carbocycles. The Morgan fingerprint density at radius 3 is 3.00 bits per heavy atom. The van der Waals surface area contributed by atoms with E-state index >= 15 is 0 Å². The number of aryl methyl sites for hydroxylation is 1. The summed E-state index contributed by atoms with van der Waals surface area (Å²) in [7, 11) is 0. The summed E-state index contributed by atoms with van der Waals surface area (Å²) < 4.78 is 23.0. The number of nitrogens with zero attached hydrogens (tertiary/aromatic N) is 1. The number of hydrogen-bond acceptors (Lipinski definition) is 5. The van der Waals surface area contributed by atoms with Gasteiger partial charge in [0.1, 0.15) is 0 Å². The molecule has 3 saturated heterocycles. The number of ether oxygens (including phenoxy) is 3. The standard InChI is InChI=1S/C19H27NO5/c1-14-2-9-23-17(14)18(21)20-6-5-19(13-20)10-16(12-25-19)24-11-15-3-7-22-8-4-15/h2,9,15-16H,3-8,10-13H2,1H3/t16-,19-/m0/s1. The van der Waals surface area contributed by atoms with Gasteiger partial charge in [0.2, 0.25) is 0 Å². The third-order valence-electron chi connectivity index (χ3n) is 5.74. The molecule has 3 aliphatic heterocycles. The Labute approximate surface area is 148 Å². The van der Waals surface area contributed by atoms with Crippen LogP contribution >= 0.6 is 0 Å². The molecule has 3 fully saturated rings. The van der Waals surface area contributed by atoms with Crippen LogP contribution in [0.1, 0.15) is 41.8 Å². The Bertz CT molecular complexity index is 609. The van der Waals surface area contributed by atoms with Crippen LogP contribution in [0.4, 0.5) is 0 Å². The van der Waals surface area contributed by atoms with Crippen LogP contribution in [-0.2, 0) is 14.2 Å². The second-order valence-electron chi connectivity index (χ2n) is 7.62. The molecule has 1 aromatic rings. The highest BCUT2D eigenvalue weighted by Crippen LogP contribution is 2.37. The van der Waals surface area contributed by atoms with Gasteiger partial charge in [0.05, 0.1) is 37.7 Å². The Morgan fingerprint density at radius 1 is 1.40 bits per heavy atom. The highest BCUT2D eigenvalue weighted by atomic mass is 16.6. The van der Waals surface area contributed by atoms with Crippen molar-refractivity contribution in [3.05, 3.63) is 23.7 Å². The number of amides is 1. The number of furan rings is 1. The van der Waals surface area contributed by atoms with Crippen molar-refractivity contribution in [1.82, 2.24) is 4.90 Å². The quantitative estimate of drug-likeness (QED) is 0.835. The van der Waals surface area contributed by atoms with Crippen molar-refractivity contribution in [2.75, 3.05) is 39.5 Å². The fourth-order valence-corrected chi connectivity index (χ4v) is 4.13. The van der Waals surface area contributed by atoms with E-state index in [1.807, 2.05) is 17.9 Å². The molecule has 0 radical (unpaired) electrons. The number of hydrogen-bond donors (Lipinski definition) is 0. The average molecular weight is 349 g/mol. The summed E-state index contributed by atoms with van der Waals surface area (Å²) in [5.74, 6) is 1.02. The summed E-state index contributed by atoms with van der Waals surface area (Å²) in [5.41, 5.74) is 0.646. The molecule has 4 rings (SSSR count). The van der Waals surface area contributed by atoms with Gasteiger partial charge >= 0.3 is 0 Å². The van der Waals surface area contributed by atoms with Crippen LogP contribution in [0.15, 0.2) is 16.7 Å². The molecule has 0 bridgehead atoms. The van der Waals surface area contributed by atoms with E-state index in [-0.39, 0.29) is 17.6 Å². The van der Waals surface area contributed by atoms with Gasteiger partial charge in [0.15, 0.2) is 5.76 Å². The molecule has 0 aliphatic carbocycles. The first-order chi connectivity index (χ1) is 12.2. The first-order valence-corrected chi connectivity index (χ1v) is 9.32. The summed E-state index contributed by atoms with van der Waals surface area (Å²) in [5, 5.41) is 0. The third kappa shape index (κ3) is 3.61. The van der Waals surface area contributed by atoms with E-state index in [1.54, 1.807) is 6.26 Å². The Kier molecular flexibility index (Phi) is 4.84. The van der Waals surface area contributed by atoms with Crippen molar-refractivity contribution < 1.29 is 23.4 Å². The molecule has 2 atom stereocenters. The van der Waals surface area contributed by atoms with Crippen LogP contribution in [0.2, 0.25) is 0 Å². The molecule has 0 saturated carbocycles. The molecule has 138 valence electrons. The molecule has 6 nitrogen and oxygen atoms in total. The van der Waals surface area contributed by atoms with Gasteiger partial charge in [0.25, 0.3) is 5.91 Å². The fourth-order valence-electron chi connectivity index (χ4n) is 4.13. The van der Waals surface area contributed by atoms with E-state index in [4.69, 9.17) is 18.6 Å². The molecule has 0 unspecified atom stereocenters. The van der Waals surface area contributed by atoms with Gasteiger partial charge < -0.3 is 23.5 Å². The first kappa shape index (κ1) is 17.1. The minimum absolute atomic E-state index is 0.0328. The molecule has 3 aliphatic rings. The zero-order chi connectivity index (χ0) is 17.3. The highest BCUT2D eigenvalue weighted by Gasteiger charge is 2.47. The maximum atomic E-state index is 12.6. The SMILES string of the molecule is Cc1ccoc1C(=O)N1CC[C@]2(C[C@H](OCC3CCOCC3)CO2)C1. The Morgan fingerprint density at radius 2 is 2.24 bits per heavy atom. The molecule has 25 heavy (non-hydrogen) atoms. The zero-order valence-electron chi connectivity index (χ0n) is 14.9. The van der Waals surface area contributed by atoms with E-state index in [0.717, 1.165) is 51.1 Å². The maximum absolute atomic E-state index is 12.6. The van der Waals surface area contributed by atoms with Gasteiger partial charge in [0, 0.05) is 31.7 Å². The van der Waals surface area contributed by atoms with E-state index in [1.165, 1.54) is 0 Å². The first-order valence-electron chi connectivity index (χ1n) is 9.32. The van der Waals surface area contributed by atoms with Gasteiger partial charge in [-0.25, -0.2) is 0 Å². The number of carbonyl (C=O) groups excluding carboxylic acids is 1. The molecule has 1 amide bonds. The summed E-state index contributed by atoms with van der Waals surface area (Å²) >= 11 is 0. The van der Waals surface area contributed by atoms with Crippen molar-refractivity contribution in [2.45, 2.75) is 44.3 Å². The number of likely N-dealkylation sites (tertiary alicyclic amines) is 1. The highest BCUT2D eigenvalue weighted by molar-refractivity contribution is 5.93. The van der Waals surface area contributed by atoms with E-state index < -0.39 is 0 Å². The number of rotatable bonds is 4. The van der Waals surface area contributed by atoms with Crippen molar-refractivity contribution in [1.29, 1.82) is 0 Å². The van der Waals surface area contributed by atoms with Gasteiger partial charge in [-0.1, -0.05) is 0 Å². The molecule has 1 aromatic heterocycles. The minimum Gasteiger partial charge on any atom is -0.459 e. The van der Waals surface area contributed by atoms with Gasteiger partial charge in [-0.15, -0.1) is 0 Å². The lowest BCUT2D eigenvalue weighted by molar-refractivity contribution is -0.0186. The van der Waals surface area contributed by atoms with Crippen molar-refractivity contribution in [2.24, 2.45) is 5.92 Å². The molecular formula is C19H27NO5. The Hall–Kier alpha value is -1.37. The normalized spacial score (nSPS) is 30.4. The lowest BCUT2D eigenvalue weighted by Gasteiger charge is -2.24. The van der Waals surface area contributed by atoms with Crippen LogP contribution in [0, 0.1) is 12.8 Å². The van der Waals surface area contributed by atoms with Gasteiger partial charge in [-0.05, 0) is 38.2 Å². The van der Waals surface area contributed by atoms with Crippen LogP contribution in [0.3, 0.4) is 0 Å². The monoisotopic (exact) mass is 349 g/mol. The van der Waals surface area contributed by atoms with Crippen LogP contribution in [-0.4, -0.2) is 62.0 Å². The second kappa shape index (κ2) is 7.09. The summed E-state index contributed by atoms with van der Waals surface area (Å²) in [6.07, 6.45) is 5.63. The van der Waals surface area contributed by atoms with E-state index in [0.29, 0.717) is 31.4 Å². The molecule has 6 heteroatoms. The van der Waals surface area contributed by atoms with Crippen molar-refractivity contribution in [3.63, 3.8) is 0 Å². The maximum Gasteiger partial charge on any atom is 0.289 e. The fraction of sp³-hybridized carbons (Fsp3) is 0.737. The molecular weight excluding hydrogens is 322 g/mol. The summed E-state index contributed by atoms with van der Waals surface area (Å²) in [6.45, 7) is 6.36. The lowest BCUT2D eigenvalue weighted by Crippen LogP contribution is -2.36. The van der Waals surface area contributed by atoms with Crippen molar-refractivity contribution in [3.8, 4) is 0 Å². The smallest absolute Gasteiger partial charge is 0.289 e. The third-order valence-corrected chi connectivity index (χ3v) is 5.74. The van der Waals surface area contributed by atoms with Gasteiger partial charge in [-0.3, -0.25) is 4.79 Å². The van der Waals surface area contributed by atoms with Crippen LogP contribution in [0.25, 0.3) is 0 Å². The van der Waals surface area contributed by atoms with Crippen molar-refractivity contribution >= 4 is 5.91 Å². The van der Waals surface area contributed by atoms with Gasteiger partial charge in [-0.2, -0.15) is 0 Å². The predicted octanol–water partition coefficient (Wildman–Crippen LogP) is 2.40. The minimum atomic E-state index is -0.240. The topological polar surface area (TPSA) is 61.1 Å². The zero-order valence-corrected chi connectivity index (χ0v) is 14.9. The van der Waals surface area contributed by atoms with E-state index in [9.17, 15) is 4.79 Å². The molecule has 1 spiro atoms. The lowest BCUT2D eigenvalue weighted by atomic mass is 9.98.